The minimum absolute atomic E-state index is 0.249. The van der Waals surface area contributed by atoms with Crippen LogP contribution in [0.25, 0.3) is 22.1 Å². The predicted molar refractivity (Wildman–Crippen MR) is 82.0 cm³/mol. The van der Waals surface area contributed by atoms with E-state index in [1.165, 1.54) is 0 Å². The third-order valence-corrected chi connectivity index (χ3v) is 3.49. The van der Waals surface area contributed by atoms with Gasteiger partial charge in [0, 0.05) is 5.39 Å². The highest BCUT2D eigenvalue weighted by Crippen LogP contribution is 2.32. The lowest BCUT2D eigenvalue weighted by molar-refractivity contribution is 0.560. The van der Waals surface area contributed by atoms with E-state index in [-0.39, 0.29) is 11.5 Å². The molecule has 0 aliphatic carbocycles. The van der Waals surface area contributed by atoms with Gasteiger partial charge in [-0.2, -0.15) is 0 Å². The summed E-state index contributed by atoms with van der Waals surface area (Å²) in [6.45, 7) is 4.21. The molecule has 3 rings (SSSR count). The van der Waals surface area contributed by atoms with Gasteiger partial charge in [0.15, 0.2) is 0 Å². The molecular formula is C18H16O2. The topological polar surface area (TPSA) is 30.2 Å². The molecule has 0 unspecified atom stereocenters. The normalized spacial score (nSPS) is 11.2. The van der Waals surface area contributed by atoms with Crippen LogP contribution in [0.2, 0.25) is 0 Å². The quantitative estimate of drug-likeness (QED) is 0.634. The summed E-state index contributed by atoms with van der Waals surface area (Å²) >= 11 is 0. The van der Waals surface area contributed by atoms with Crippen molar-refractivity contribution in [1.29, 1.82) is 0 Å². The smallest absolute Gasteiger partial charge is 0.344 e. The fourth-order valence-corrected chi connectivity index (χ4v) is 2.65. The van der Waals surface area contributed by atoms with Crippen molar-refractivity contribution in [3.63, 3.8) is 0 Å². The van der Waals surface area contributed by atoms with Gasteiger partial charge in [-0.05, 0) is 23.1 Å². The lowest BCUT2D eigenvalue weighted by Crippen LogP contribution is -2.09. The first-order chi connectivity index (χ1) is 9.68. The molecule has 0 saturated heterocycles. The van der Waals surface area contributed by atoms with Crippen molar-refractivity contribution in [2.45, 2.75) is 19.8 Å². The number of para-hydroxylation sites is 1. The van der Waals surface area contributed by atoms with E-state index in [4.69, 9.17) is 4.42 Å². The van der Waals surface area contributed by atoms with Gasteiger partial charge in [-0.15, -0.1) is 0 Å². The molecule has 0 fully saturated rings. The molecule has 1 aromatic heterocycles. The summed E-state index contributed by atoms with van der Waals surface area (Å²) in [6.07, 6.45) is 0. The Kier molecular flexibility index (Phi) is 3.15. The maximum absolute atomic E-state index is 12.4. The van der Waals surface area contributed by atoms with Crippen LogP contribution in [0.15, 0.2) is 63.8 Å². The van der Waals surface area contributed by atoms with Gasteiger partial charge in [0.05, 0.1) is 5.56 Å². The third kappa shape index (κ3) is 2.03. The Morgan fingerprint density at radius 3 is 2.25 bits per heavy atom. The zero-order chi connectivity index (χ0) is 14.1. The molecule has 2 aromatic carbocycles. The van der Waals surface area contributed by atoms with Gasteiger partial charge < -0.3 is 4.42 Å². The molecule has 0 aliphatic heterocycles. The number of hydrogen-bond acceptors (Lipinski definition) is 2. The van der Waals surface area contributed by atoms with Crippen molar-refractivity contribution in [1.82, 2.24) is 0 Å². The highest BCUT2D eigenvalue weighted by molar-refractivity contribution is 5.87. The minimum atomic E-state index is -0.265. The summed E-state index contributed by atoms with van der Waals surface area (Å²) in [7, 11) is 0. The molecule has 2 nitrogen and oxygen atoms in total. The van der Waals surface area contributed by atoms with E-state index in [0.29, 0.717) is 11.1 Å². The molecule has 0 N–H and O–H groups in total. The summed E-state index contributed by atoms with van der Waals surface area (Å²) in [6, 6.07) is 17.4. The summed E-state index contributed by atoms with van der Waals surface area (Å²) in [5.74, 6) is 0.249. The molecule has 100 valence electrons. The lowest BCUT2D eigenvalue weighted by Gasteiger charge is -2.14. The molecule has 0 amide bonds. The number of fused-ring (bicyclic) bond motifs is 1. The van der Waals surface area contributed by atoms with E-state index in [2.05, 4.69) is 13.8 Å². The van der Waals surface area contributed by atoms with Crippen molar-refractivity contribution in [3.05, 3.63) is 70.6 Å². The molecule has 20 heavy (non-hydrogen) atoms. The highest BCUT2D eigenvalue weighted by atomic mass is 16.4. The van der Waals surface area contributed by atoms with Crippen LogP contribution >= 0.6 is 0 Å². The maximum Gasteiger partial charge on any atom is 0.344 e. The summed E-state index contributed by atoms with van der Waals surface area (Å²) < 4.78 is 5.48. The summed E-state index contributed by atoms with van der Waals surface area (Å²) in [4.78, 5) is 12.4. The Balaban J connectivity index is 2.45. The van der Waals surface area contributed by atoms with Gasteiger partial charge in [0.1, 0.15) is 5.58 Å². The van der Waals surface area contributed by atoms with Crippen molar-refractivity contribution >= 4 is 11.0 Å². The SMILES string of the molecule is CC(C)c1c(-c2ccccc2)c(=O)oc2ccccc12. The largest absolute Gasteiger partial charge is 0.422 e. The van der Waals surface area contributed by atoms with E-state index >= 15 is 0 Å². The van der Waals surface area contributed by atoms with Crippen LogP contribution in [0, 0.1) is 0 Å². The monoisotopic (exact) mass is 264 g/mol. The predicted octanol–water partition coefficient (Wildman–Crippen LogP) is 4.58. The van der Waals surface area contributed by atoms with Gasteiger partial charge in [0.2, 0.25) is 0 Å². The number of rotatable bonds is 2. The van der Waals surface area contributed by atoms with Crippen molar-refractivity contribution in [3.8, 4) is 11.1 Å². The zero-order valence-corrected chi connectivity index (χ0v) is 11.6. The van der Waals surface area contributed by atoms with Crippen LogP contribution in [0.4, 0.5) is 0 Å². The molecule has 1 heterocycles. The zero-order valence-electron chi connectivity index (χ0n) is 11.6. The molecule has 0 atom stereocenters. The lowest BCUT2D eigenvalue weighted by atomic mass is 9.91. The van der Waals surface area contributed by atoms with E-state index in [1.54, 1.807) is 0 Å². The van der Waals surface area contributed by atoms with Crippen LogP contribution in [-0.2, 0) is 0 Å². The minimum Gasteiger partial charge on any atom is -0.422 e. The Hall–Kier alpha value is -2.35. The van der Waals surface area contributed by atoms with Crippen LogP contribution in [0.3, 0.4) is 0 Å². The number of benzene rings is 2. The Morgan fingerprint density at radius 1 is 0.900 bits per heavy atom. The van der Waals surface area contributed by atoms with Crippen LogP contribution in [-0.4, -0.2) is 0 Å². The van der Waals surface area contributed by atoms with Gasteiger partial charge in [-0.25, -0.2) is 4.79 Å². The fourth-order valence-electron chi connectivity index (χ4n) is 2.65. The standard InChI is InChI=1S/C18H16O2/c1-12(2)16-14-10-6-7-11-15(14)20-18(19)17(16)13-8-4-3-5-9-13/h3-12H,1-2H3. The molecular weight excluding hydrogens is 248 g/mol. The molecule has 3 aromatic rings. The first-order valence-corrected chi connectivity index (χ1v) is 6.79. The van der Waals surface area contributed by atoms with Gasteiger partial charge in [-0.1, -0.05) is 62.4 Å². The summed E-state index contributed by atoms with van der Waals surface area (Å²) in [5, 5.41) is 1.01. The van der Waals surface area contributed by atoms with Crippen LogP contribution in [0.1, 0.15) is 25.3 Å². The second-order valence-electron chi connectivity index (χ2n) is 5.20. The second-order valence-corrected chi connectivity index (χ2v) is 5.20. The van der Waals surface area contributed by atoms with E-state index in [9.17, 15) is 4.79 Å². The first kappa shape index (κ1) is 12.7. The van der Waals surface area contributed by atoms with Gasteiger partial charge >= 0.3 is 5.63 Å². The maximum atomic E-state index is 12.4. The van der Waals surface area contributed by atoms with Gasteiger partial charge in [-0.3, -0.25) is 0 Å². The second kappa shape index (κ2) is 4.97. The van der Waals surface area contributed by atoms with E-state index in [0.717, 1.165) is 16.5 Å². The van der Waals surface area contributed by atoms with E-state index in [1.807, 2.05) is 54.6 Å². The summed E-state index contributed by atoms with van der Waals surface area (Å²) in [5.41, 5.74) is 3.04. The van der Waals surface area contributed by atoms with Gasteiger partial charge in [0.25, 0.3) is 0 Å². The fraction of sp³-hybridized carbons (Fsp3) is 0.167. The molecule has 0 spiro atoms. The Labute approximate surface area is 117 Å². The molecule has 2 heteroatoms. The van der Waals surface area contributed by atoms with Crippen molar-refractivity contribution in [2.75, 3.05) is 0 Å². The third-order valence-electron chi connectivity index (χ3n) is 3.49. The number of hydrogen-bond donors (Lipinski definition) is 0. The molecule has 0 saturated carbocycles. The van der Waals surface area contributed by atoms with Crippen LogP contribution in [0.5, 0.6) is 0 Å². The Bertz CT molecular complexity index is 799. The first-order valence-electron chi connectivity index (χ1n) is 6.79. The Morgan fingerprint density at radius 2 is 1.55 bits per heavy atom. The average Bonchev–Trinajstić information content (AvgIpc) is 2.46. The average molecular weight is 264 g/mol. The van der Waals surface area contributed by atoms with Crippen molar-refractivity contribution in [2.24, 2.45) is 0 Å². The molecule has 0 radical (unpaired) electrons. The molecule has 0 bridgehead atoms. The van der Waals surface area contributed by atoms with E-state index < -0.39 is 0 Å². The van der Waals surface area contributed by atoms with Crippen LogP contribution < -0.4 is 5.63 Å². The molecule has 0 aliphatic rings. The van der Waals surface area contributed by atoms with Crippen molar-refractivity contribution < 1.29 is 4.42 Å². The highest BCUT2D eigenvalue weighted by Gasteiger charge is 2.18.